The third-order valence-corrected chi connectivity index (χ3v) is 3.83. The van der Waals surface area contributed by atoms with Crippen LogP contribution >= 0.6 is 0 Å². The second-order valence-corrected chi connectivity index (χ2v) is 6.01. The Morgan fingerprint density at radius 1 is 0.923 bits per heavy atom. The van der Waals surface area contributed by atoms with Gasteiger partial charge in [-0.3, -0.25) is 4.79 Å². The molecule has 3 aromatic rings. The summed E-state index contributed by atoms with van der Waals surface area (Å²) >= 11 is 0. The first-order chi connectivity index (χ1) is 12.7. The van der Waals surface area contributed by atoms with Gasteiger partial charge in [-0.15, -0.1) is 0 Å². The molecule has 0 spiro atoms. The minimum absolute atomic E-state index is 0.0236. The number of nitrogens with one attached hydrogen (secondary N) is 2. The van der Waals surface area contributed by atoms with Crippen LogP contribution in [0.25, 0.3) is 0 Å². The van der Waals surface area contributed by atoms with Crippen molar-refractivity contribution >= 4 is 17.3 Å². The molecule has 0 bridgehead atoms. The molecule has 26 heavy (non-hydrogen) atoms. The molecule has 4 nitrogen and oxygen atoms in total. The first-order valence-corrected chi connectivity index (χ1v) is 8.63. The number of amides is 1. The number of hydrogen-bond acceptors (Lipinski definition) is 3. The first kappa shape index (κ1) is 17.5. The molecular formula is C22H22N2O2. The van der Waals surface area contributed by atoms with Crippen LogP contribution in [0.4, 0.5) is 11.4 Å². The van der Waals surface area contributed by atoms with Gasteiger partial charge in [0.15, 0.2) is 5.75 Å². The predicted molar refractivity (Wildman–Crippen MR) is 106 cm³/mol. The van der Waals surface area contributed by atoms with Crippen LogP contribution in [-0.2, 0) is 4.79 Å². The third kappa shape index (κ3) is 5.11. The van der Waals surface area contributed by atoms with Crippen LogP contribution in [0, 0.1) is 6.92 Å². The average Bonchev–Trinajstić information content (AvgIpc) is 2.64. The Morgan fingerprint density at radius 2 is 1.69 bits per heavy atom. The zero-order chi connectivity index (χ0) is 18.2. The molecule has 0 radical (unpaired) electrons. The lowest BCUT2D eigenvalue weighted by atomic mass is 10.2. The van der Waals surface area contributed by atoms with E-state index in [9.17, 15) is 4.79 Å². The fourth-order valence-corrected chi connectivity index (χ4v) is 2.57. The van der Waals surface area contributed by atoms with E-state index in [1.807, 2.05) is 85.8 Å². The Balaban J connectivity index is 1.54. The Kier molecular flexibility index (Phi) is 5.88. The van der Waals surface area contributed by atoms with Gasteiger partial charge < -0.3 is 15.4 Å². The molecule has 0 atom stereocenters. The lowest BCUT2D eigenvalue weighted by molar-refractivity contribution is -0.115. The van der Waals surface area contributed by atoms with Gasteiger partial charge in [0.2, 0.25) is 5.91 Å². The molecule has 0 aromatic heterocycles. The van der Waals surface area contributed by atoms with E-state index in [4.69, 9.17) is 4.74 Å². The van der Waals surface area contributed by atoms with Crippen LogP contribution < -0.4 is 15.4 Å². The van der Waals surface area contributed by atoms with Gasteiger partial charge in [0.05, 0.1) is 5.69 Å². The summed E-state index contributed by atoms with van der Waals surface area (Å²) in [6.07, 6.45) is 0.369. The second kappa shape index (κ2) is 8.72. The van der Waals surface area contributed by atoms with Crippen LogP contribution in [0.3, 0.4) is 0 Å². The Labute approximate surface area is 153 Å². The second-order valence-electron chi connectivity index (χ2n) is 6.01. The molecule has 0 saturated carbocycles. The lowest BCUT2D eigenvalue weighted by Gasteiger charge is -2.13. The van der Waals surface area contributed by atoms with Gasteiger partial charge in [-0.25, -0.2) is 0 Å². The molecular weight excluding hydrogens is 324 g/mol. The summed E-state index contributed by atoms with van der Waals surface area (Å²) in [6.45, 7) is 2.52. The average molecular weight is 346 g/mol. The third-order valence-electron chi connectivity index (χ3n) is 3.83. The van der Waals surface area contributed by atoms with Crippen LogP contribution in [0.5, 0.6) is 11.5 Å². The molecule has 4 heteroatoms. The van der Waals surface area contributed by atoms with Crippen molar-refractivity contribution in [2.24, 2.45) is 0 Å². The number of anilines is 2. The number of carbonyl (C=O) groups is 1. The minimum atomic E-state index is -0.0236. The number of para-hydroxylation sites is 3. The first-order valence-electron chi connectivity index (χ1n) is 8.63. The summed E-state index contributed by atoms with van der Waals surface area (Å²) in [6, 6.07) is 25.1. The summed E-state index contributed by atoms with van der Waals surface area (Å²) in [5, 5.41) is 6.19. The molecule has 0 fully saturated rings. The normalized spacial score (nSPS) is 10.2. The molecule has 3 rings (SSSR count). The van der Waals surface area contributed by atoms with E-state index >= 15 is 0 Å². The maximum Gasteiger partial charge on any atom is 0.226 e. The molecule has 0 heterocycles. The summed E-state index contributed by atoms with van der Waals surface area (Å²) in [5.41, 5.74) is 2.80. The highest BCUT2D eigenvalue weighted by Gasteiger charge is 2.06. The van der Waals surface area contributed by atoms with Crippen molar-refractivity contribution in [1.82, 2.24) is 0 Å². The quantitative estimate of drug-likeness (QED) is 0.616. The summed E-state index contributed by atoms with van der Waals surface area (Å²) in [4.78, 5) is 12.1. The van der Waals surface area contributed by atoms with E-state index in [0.717, 1.165) is 28.4 Å². The number of rotatable bonds is 7. The van der Waals surface area contributed by atoms with Gasteiger partial charge >= 0.3 is 0 Å². The fourth-order valence-electron chi connectivity index (χ4n) is 2.57. The van der Waals surface area contributed by atoms with Crippen LogP contribution in [0.15, 0.2) is 78.9 Å². The molecule has 0 aliphatic rings. The van der Waals surface area contributed by atoms with E-state index in [1.165, 1.54) is 0 Å². The predicted octanol–water partition coefficient (Wildman–Crippen LogP) is 5.23. The number of aryl methyl sites for hydroxylation is 1. The number of hydrogen-bond donors (Lipinski definition) is 2. The molecule has 132 valence electrons. The fraction of sp³-hybridized carbons (Fsp3) is 0.136. The van der Waals surface area contributed by atoms with E-state index < -0.39 is 0 Å². The summed E-state index contributed by atoms with van der Waals surface area (Å²) < 4.78 is 5.91. The van der Waals surface area contributed by atoms with Gasteiger partial charge in [-0.05, 0) is 48.9 Å². The zero-order valence-electron chi connectivity index (χ0n) is 14.7. The largest absolute Gasteiger partial charge is 0.455 e. The zero-order valence-corrected chi connectivity index (χ0v) is 14.7. The van der Waals surface area contributed by atoms with Gasteiger partial charge in [0.1, 0.15) is 5.75 Å². The van der Waals surface area contributed by atoms with Gasteiger partial charge in [0.25, 0.3) is 0 Å². The van der Waals surface area contributed by atoms with Crippen molar-refractivity contribution in [2.75, 3.05) is 17.2 Å². The van der Waals surface area contributed by atoms with Crippen molar-refractivity contribution in [2.45, 2.75) is 13.3 Å². The van der Waals surface area contributed by atoms with Crippen LogP contribution in [-0.4, -0.2) is 12.5 Å². The molecule has 3 aromatic carbocycles. The Morgan fingerprint density at radius 3 is 2.50 bits per heavy atom. The van der Waals surface area contributed by atoms with E-state index in [2.05, 4.69) is 10.6 Å². The van der Waals surface area contributed by atoms with E-state index in [1.54, 1.807) is 0 Å². The van der Waals surface area contributed by atoms with Crippen molar-refractivity contribution in [3.8, 4) is 11.5 Å². The molecule has 2 N–H and O–H groups in total. The summed E-state index contributed by atoms with van der Waals surface area (Å²) in [7, 11) is 0. The van der Waals surface area contributed by atoms with Gasteiger partial charge in [-0.1, -0.05) is 42.5 Å². The van der Waals surface area contributed by atoms with Gasteiger partial charge in [0, 0.05) is 18.7 Å². The van der Waals surface area contributed by atoms with Crippen molar-refractivity contribution in [3.63, 3.8) is 0 Å². The standard InChI is InChI=1S/C22H22N2O2/c1-17-8-7-9-18(16-17)24-22(25)14-15-23-20-12-5-6-13-21(20)26-19-10-3-2-4-11-19/h2-13,16,23H,14-15H2,1H3,(H,24,25). The maximum atomic E-state index is 12.1. The lowest BCUT2D eigenvalue weighted by Crippen LogP contribution is -2.16. The van der Waals surface area contributed by atoms with Crippen molar-refractivity contribution in [3.05, 3.63) is 84.4 Å². The SMILES string of the molecule is Cc1cccc(NC(=O)CCNc2ccccc2Oc2ccccc2)c1. The maximum absolute atomic E-state index is 12.1. The monoisotopic (exact) mass is 346 g/mol. The highest BCUT2D eigenvalue weighted by atomic mass is 16.5. The number of carbonyl (C=O) groups excluding carboxylic acids is 1. The number of benzene rings is 3. The smallest absolute Gasteiger partial charge is 0.226 e. The highest BCUT2D eigenvalue weighted by Crippen LogP contribution is 2.28. The molecule has 0 aliphatic heterocycles. The van der Waals surface area contributed by atoms with Crippen molar-refractivity contribution < 1.29 is 9.53 Å². The molecule has 0 saturated heterocycles. The Hall–Kier alpha value is -3.27. The minimum Gasteiger partial charge on any atom is -0.455 e. The molecule has 1 amide bonds. The van der Waals surface area contributed by atoms with E-state index in [-0.39, 0.29) is 5.91 Å². The van der Waals surface area contributed by atoms with E-state index in [0.29, 0.717) is 13.0 Å². The van der Waals surface area contributed by atoms with Crippen molar-refractivity contribution in [1.29, 1.82) is 0 Å². The molecule has 0 unspecified atom stereocenters. The topological polar surface area (TPSA) is 50.4 Å². The number of ether oxygens (including phenoxy) is 1. The van der Waals surface area contributed by atoms with Crippen LogP contribution in [0.1, 0.15) is 12.0 Å². The van der Waals surface area contributed by atoms with Crippen LogP contribution in [0.2, 0.25) is 0 Å². The Bertz CT molecular complexity index is 863. The van der Waals surface area contributed by atoms with Gasteiger partial charge in [-0.2, -0.15) is 0 Å². The summed E-state index contributed by atoms with van der Waals surface area (Å²) in [5.74, 6) is 1.49. The highest BCUT2D eigenvalue weighted by molar-refractivity contribution is 5.91. The molecule has 0 aliphatic carbocycles.